The summed E-state index contributed by atoms with van der Waals surface area (Å²) >= 11 is 0. The molecule has 0 bridgehead atoms. The van der Waals surface area contributed by atoms with Crippen molar-refractivity contribution < 1.29 is 9.59 Å². The number of para-hydroxylation sites is 1. The molecule has 6 heteroatoms. The quantitative estimate of drug-likeness (QED) is 0.914. The van der Waals surface area contributed by atoms with Crippen molar-refractivity contribution in [3.8, 4) is 0 Å². The van der Waals surface area contributed by atoms with Crippen LogP contribution >= 0.6 is 0 Å². The number of amides is 3. The number of pyridine rings is 1. The molecule has 1 aliphatic heterocycles. The Hall–Kier alpha value is -2.89. The molecule has 3 amide bonds. The van der Waals surface area contributed by atoms with E-state index in [1.165, 1.54) is 0 Å². The minimum absolute atomic E-state index is 0.0357. The van der Waals surface area contributed by atoms with Crippen molar-refractivity contribution in [1.82, 2.24) is 10.3 Å². The molecular weight excluding hydrogens is 292 g/mol. The fraction of sp³-hybridized carbons (Fsp3) is 0.235. The molecule has 1 fully saturated rings. The molecule has 1 aromatic heterocycles. The molecule has 0 radical (unpaired) electrons. The van der Waals surface area contributed by atoms with Gasteiger partial charge in [-0.25, -0.2) is 4.79 Å². The topological polar surface area (TPSA) is 74.3 Å². The van der Waals surface area contributed by atoms with Gasteiger partial charge in [-0.05, 0) is 37.6 Å². The van der Waals surface area contributed by atoms with Gasteiger partial charge in [0.1, 0.15) is 6.04 Å². The minimum Gasteiger partial charge on any atom is -0.326 e. The van der Waals surface area contributed by atoms with Gasteiger partial charge in [0, 0.05) is 17.9 Å². The van der Waals surface area contributed by atoms with E-state index >= 15 is 0 Å². The highest BCUT2D eigenvalue weighted by molar-refractivity contribution is 6.03. The smallest absolute Gasteiger partial charge is 0.319 e. The van der Waals surface area contributed by atoms with Crippen LogP contribution in [-0.4, -0.2) is 29.0 Å². The molecule has 23 heavy (non-hydrogen) atoms. The Morgan fingerprint density at radius 1 is 1.22 bits per heavy atom. The number of rotatable bonds is 3. The van der Waals surface area contributed by atoms with Gasteiger partial charge in [-0.2, -0.15) is 0 Å². The second-order valence-electron chi connectivity index (χ2n) is 5.52. The summed E-state index contributed by atoms with van der Waals surface area (Å²) in [6, 6.07) is 12.1. The molecule has 118 valence electrons. The van der Waals surface area contributed by atoms with Gasteiger partial charge in [0.05, 0.1) is 11.9 Å². The predicted octanol–water partition coefficient (Wildman–Crippen LogP) is 2.40. The van der Waals surface area contributed by atoms with Crippen LogP contribution < -0.4 is 15.5 Å². The van der Waals surface area contributed by atoms with Crippen LogP contribution in [0.15, 0.2) is 54.9 Å². The largest absolute Gasteiger partial charge is 0.326 e. The number of urea groups is 1. The Balaban J connectivity index is 1.65. The molecule has 0 aliphatic carbocycles. The molecule has 3 rings (SSSR count). The zero-order valence-electron chi connectivity index (χ0n) is 12.8. The number of nitrogens with zero attached hydrogens (tertiary/aromatic N) is 2. The van der Waals surface area contributed by atoms with E-state index in [9.17, 15) is 9.59 Å². The number of hydrogen-bond donors (Lipinski definition) is 2. The number of benzene rings is 1. The molecule has 1 aliphatic rings. The van der Waals surface area contributed by atoms with Crippen LogP contribution in [0.2, 0.25) is 0 Å². The summed E-state index contributed by atoms with van der Waals surface area (Å²) in [6.07, 6.45) is 3.76. The fourth-order valence-electron chi connectivity index (χ4n) is 2.79. The number of carbonyl (C=O) groups is 2. The van der Waals surface area contributed by atoms with Crippen molar-refractivity contribution in [2.75, 3.05) is 10.2 Å². The Kier molecular flexibility index (Phi) is 4.23. The molecule has 2 atom stereocenters. The van der Waals surface area contributed by atoms with Crippen molar-refractivity contribution in [3.05, 3.63) is 54.9 Å². The molecular formula is C17H18N4O2. The number of hydrogen-bond acceptors (Lipinski definition) is 3. The zero-order valence-corrected chi connectivity index (χ0v) is 12.8. The van der Waals surface area contributed by atoms with Gasteiger partial charge in [-0.15, -0.1) is 0 Å². The van der Waals surface area contributed by atoms with Crippen molar-refractivity contribution in [3.63, 3.8) is 0 Å². The lowest BCUT2D eigenvalue weighted by Gasteiger charge is -2.21. The van der Waals surface area contributed by atoms with Gasteiger partial charge < -0.3 is 15.5 Å². The van der Waals surface area contributed by atoms with Crippen LogP contribution in [0, 0.1) is 0 Å². The lowest BCUT2D eigenvalue weighted by atomic mass is 10.2. The van der Waals surface area contributed by atoms with E-state index in [2.05, 4.69) is 15.6 Å². The highest BCUT2D eigenvalue weighted by Crippen LogP contribution is 2.26. The lowest BCUT2D eigenvalue weighted by Crippen LogP contribution is -2.43. The maximum absolute atomic E-state index is 12.6. The molecule has 2 heterocycles. The summed E-state index contributed by atoms with van der Waals surface area (Å²) < 4.78 is 0. The fourth-order valence-corrected chi connectivity index (χ4v) is 2.79. The predicted molar refractivity (Wildman–Crippen MR) is 88.2 cm³/mol. The summed E-state index contributed by atoms with van der Waals surface area (Å²) in [5.74, 6) is -0.0926. The molecule has 2 N–H and O–H groups in total. The second-order valence-corrected chi connectivity index (χ2v) is 5.52. The van der Waals surface area contributed by atoms with E-state index in [1.54, 1.807) is 29.4 Å². The third kappa shape index (κ3) is 3.31. The Morgan fingerprint density at radius 2 is 2.00 bits per heavy atom. The van der Waals surface area contributed by atoms with Crippen LogP contribution in [0.25, 0.3) is 0 Å². The van der Waals surface area contributed by atoms with Gasteiger partial charge in [0.25, 0.3) is 0 Å². The Labute approximate surface area is 134 Å². The highest BCUT2D eigenvalue weighted by atomic mass is 16.2. The van der Waals surface area contributed by atoms with E-state index in [0.29, 0.717) is 12.1 Å². The number of aromatic nitrogens is 1. The first-order valence-electron chi connectivity index (χ1n) is 7.51. The number of nitrogens with one attached hydrogen (secondary N) is 2. The average Bonchev–Trinajstić information content (AvgIpc) is 2.83. The van der Waals surface area contributed by atoms with Crippen LogP contribution in [-0.2, 0) is 4.79 Å². The molecule has 0 saturated carbocycles. The maximum atomic E-state index is 12.6. The third-order valence-corrected chi connectivity index (χ3v) is 3.81. The number of anilines is 2. The summed E-state index contributed by atoms with van der Waals surface area (Å²) in [4.78, 5) is 30.3. The van der Waals surface area contributed by atoms with Crippen molar-refractivity contribution in [2.24, 2.45) is 0 Å². The second kappa shape index (κ2) is 6.48. The van der Waals surface area contributed by atoms with Gasteiger partial charge in [-0.1, -0.05) is 18.2 Å². The Morgan fingerprint density at radius 3 is 2.70 bits per heavy atom. The zero-order chi connectivity index (χ0) is 16.2. The highest BCUT2D eigenvalue weighted by Gasteiger charge is 2.38. The van der Waals surface area contributed by atoms with Gasteiger partial charge in [0.15, 0.2) is 0 Å². The van der Waals surface area contributed by atoms with Crippen molar-refractivity contribution >= 4 is 23.3 Å². The van der Waals surface area contributed by atoms with E-state index in [-0.39, 0.29) is 11.9 Å². The van der Waals surface area contributed by atoms with Gasteiger partial charge >= 0.3 is 6.03 Å². The molecule has 1 saturated heterocycles. The minimum atomic E-state index is -0.526. The van der Waals surface area contributed by atoms with Gasteiger partial charge in [-0.3, -0.25) is 9.78 Å². The maximum Gasteiger partial charge on any atom is 0.319 e. The van der Waals surface area contributed by atoms with Crippen LogP contribution in [0.3, 0.4) is 0 Å². The van der Waals surface area contributed by atoms with E-state index in [4.69, 9.17) is 0 Å². The van der Waals surface area contributed by atoms with Crippen molar-refractivity contribution in [1.29, 1.82) is 0 Å². The average molecular weight is 310 g/mol. The first kappa shape index (κ1) is 15.0. The van der Waals surface area contributed by atoms with Gasteiger partial charge in [0.2, 0.25) is 5.91 Å². The normalized spacial score (nSPS) is 20.4. The Bertz CT molecular complexity index is 690. The first-order chi connectivity index (χ1) is 11.1. The summed E-state index contributed by atoms with van der Waals surface area (Å²) in [5, 5.41) is 5.41. The van der Waals surface area contributed by atoms with Crippen molar-refractivity contribution in [2.45, 2.75) is 25.4 Å². The first-order valence-corrected chi connectivity index (χ1v) is 7.51. The lowest BCUT2D eigenvalue weighted by molar-refractivity contribution is -0.118. The van der Waals surface area contributed by atoms with E-state index < -0.39 is 12.1 Å². The molecule has 2 aromatic rings. The molecule has 0 spiro atoms. The molecule has 6 nitrogen and oxygen atoms in total. The van der Waals surface area contributed by atoms with Crippen LogP contribution in [0.4, 0.5) is 16.2 Å². The summed E-state index contributed by atoms with van der Waals surface area (Å²) in [5.41, 5.74) is 1.44. The number of carbonyl (C=O) groups excluding carboxylic acids is 2. The summed E-state index contributed by atoms with van der Waals surface area (Å²) in [7, 11) is 0. The molecule has 0 unspecified atom stereocenters. The monoisotopic (exact) mass is 310 g/mol. The SMILES string of the molecule is C[C@@H]1C[C@H](NC(=O)Nc2cccnc2)C(=O)N1c1ccccc1. The van der Waals surface area contributed by atoms with E-state index in [0.717, 1.165) is 5.69 Å². The third-order valence-electron chi connectivity index (χ3n) is 3.81. The van der Waals surface area contributed by atoms with Crippen LogP contribution in [0.5, 0.6) is 0 Å². The molecule has 1 aromatic carbocycles. The standard InChI is InChI=1S/C17H18N4O2/c1-12-10-15(16(22)21(12)14-7-3-2-4-8-14)20-17(23)19-13-6-5-9-18-11-13/h2-9,11-12,15H,10H2,1H3,(H2,19,20,23)/t12-,15+/m1/s1. The van der Waals surface area contributed by atoms with Crippen LogP contribution in [0.1, 0.15) is 13.3 Å². The summed E-state index contributed by atoms with van der Waals surface area (Å²) in [6.45, 7) is 1.98. The van der Waals surface area contributed by atoms with E-state index in [1.807, 2.05) is 37.3 Å².